The molecule has 0 saturated carbocycles. The molecule has 164 valence electrons. The van der Waals surface area contributed by atoms with Crippen LogP contribution < -0.4 is 5.32 Å². The summed E-state index contributed by atoms with van der Waals surface area (Å²) in [6.07, 6.45) is 7.02. The maximum atomic E-state index is 12.7. The van der Waals surface area contributed by atoms with Gasteiger partial charge in [0.2, 0.25) is 0 Å². The molecule has 0 radical (unpaired) electrons. The second kappa shape index (κ2) is 11.1. The van der Waals surface area contributed by atoms with Gasteiger partial charge in [0.1, 0.15) is 5.60 Å². The Morgan fingerprint density at radius 3 is 2.50 bits per heavy atom. The van der Waals surface area contributed by atoms with Crippen LogP contribution in [-0.2, 0) is 31.9 Å². The van der Waals surface area contributed by atoms with Crippen LogP contribution in [0, 0.1) is 0 Å². The number of carbonyl (C=O) groups is 2. The highest BCUT2D eigenvalue weighted by molar-refractivity contribution is 5.84. The summed E-state index contributed by atoms with van der Waals surface area (Å²) in [7, 11) is 1.39. The van der Waals surface area contributed by atoms with Gasteiger partial charge in [0, 0.05) is 20.1 Å². The van der Waals surface area contributed by atoms with E-state index in [1.54, 1.807) is 13.8 Å². The van der Waals surface area contributed by atoms with Crippen LogP contribution in [0.1, 0.15) is 44.7 Å². The van der Waals surface area contributed by atoms with Gasteiger partial charge >= 0.3 is 5.97 Å². The number of benzene rings is 1. The number of allylic oxidation sites excluding steroid dienone is 2. The summed E-state index contributed by atoms with van der Waals surface area (Å²) >= 11 is 0. The van der Waals surface area contributed by atoms with E-state index in [2.05, 4.69) is 36.5 Å². The molecule has 1 aliphatic rings. The highest BCUT2D eigenvalue weighted by Crippen LogP contribution is 2.25. The standard InChI is InChI=1S/C24H33NO5/c1-5-17-9-11-18(12-10-17)13-14-25-23(28)24(2,3)30-20-8-6-7-19(15-20)16-21(29-4)22(26)27/h6-12,20-21H,5,13-16H2,1-4H3,(H,25,28)(H,26,27)/t20?,21-/m0/s1. The maximum absolute atomic E-state index is 12.7. The number of hydrogen-bond acceptors (Lipinski definition) is 4. The summed E-state index contributed by atoms with van der Waals surface area (Å²) in [6, 6.07) is 8.42. The molecular weight excluding hydrogens is 382 g/mol. The first kappa shape index (κ1) is 23.8. The molecule has 0 aromatic heterocycles. The Balaban J connectivity index is 1.83. The minimum atomic E-state index is -1.00. The van der Waals surface area contributed by atoms with Crippen LogP contribution in [-0.4, -0.2) is 48.4 Å². The van der Waals surface area contributed by atoms with Gasteiger partial charge in [-0.3, -0.25) is 4.79 Å². The maximum Gasteiger partial charge on any atom is 0.333 e. The van der Waals surface area contributed by atoms with Gasteiger partial charge in [-0.05, 0) is 44.2 Å². The molecule has 1 aromatic rings. The average Bonchev–Trinajstić information content (AvgIpc) is 2.72. The zero-order valence-electron chi connectivity index (χ0n) is 18.3. The average molecular weight is 416 g/mol. The molecule has 6 nitrogen and oxygen atoms in total. The van der Waals surface area contributed by atoms with E-state index in [1.807, 2.05) is 18.2 Å². The number of amides is 1. The quantitative estimate of drug-likeness (QED) is 0.578. The van der Waals surface area contributed by atoms with Crippen molar-refractivity contribution in [3.05, 3.63) is 59.2 Å². The van der Waals surface area contributed by atoms with Crippen LogP contribution in [0.4, 0.5) is 0 Å². The fraction of sp³-hybridized carbons (Fsp3) is 0.500. The van der Waals surface area contributed by atoms with Crippen LogP contribution in [0.25, 0.3) is 0 Å². The number of carbonyl (C=O) groups excluding carboxylic acids is 1. The smallest absolute Gasteiger partial charge is 0.333 e. The van der Waals surface area contributed by atoms with Crippen molar-refractivity contribution in [1.29, 1.82) is 0 Å². The fourth-order valence-corrected chi connectivity index (χ4v) is 3.36. The lowest BCUT2D eigenvalue weighted by atomic mass is 9.96. The number of methoxy groups -OCH3 is 1. The molecule has 0 saturated heterocycles. The van der Waals surface area contributed by atoms with E-state index in [0.717, 1.165) is 18.4 Å². The molecular formula is C24H33NO5. The van der Waals surface area contributed by atoms with E-state index in [-0.39, 0.29) is 12.0 Å². The number of ether oxygens (including phenoxy) is 2. The zero-order chi connectivity index (χ0) is 22.1. The number of rotatable bonds is 11. The summed E-state index contributed by atoms with van der Waals surface area (Å²) in [5.74, 6) is -1.16. The second-order valence-electron chi connectivity index (χ2n) is 8.02. The number of carboxylic acids is 1. The van der Waals surface area contributed by atoms with Gasteiger partial charge in [0.05, 0.1) is 6.10 Å². The van der Waals surface area contributed by atoms with Crippen molar-refractivity contribution in [3.63, 3.8) is 0 Å². The Kier molecular flexibility index (Phi) is 8.81. The first-order valence-corrected chi connectivity index (χ1v) is 10.4. The first-order valence-electron chi connectivity index (χ1n) is 10.4. The van der Waals surface area contributed by atoms with Crippen molar-refractivity contribution < 1.29 is 24.2 Å². The summed E-state index contributed by atoms with van der Waals surface area (Å²) in [4.78, 5) is 23.8. The highest BCUT2D eigenvalue weighted by atomic mass is 16.5. The number of nitrogens with one attached hydrogen (secondary N) is 1. The van der Waals surface area contributed by atoms with Crippen LogP contribution in [0.5, 0.6) is 0 Å². The van der Waals surface area contributed by atoms with Crippen LogP contribution >= 0.6 is 0 Å². The third-order valence-corrected chi connectivity index (χ3v) is 5.25. The number of aryl methyl sites for hydroxylation is 1. The number of aliphatic carboxylic acids is 1. The molecule has 0 fully saturated rings. The van der Waals surface area contributed by atoms with Gasteiger partial charge < -0.3 is 19.9 Å². The Labute approximate surface area is 179 Å². The van der Waals surface area contributed by atoms with E-state index in [9.17, 15) is 9.59 Å². The van der Waals surface area contributed by atoms with Crippen molar-refractivity contribution in [2.24, 2.45) is 0 Å². The molecule has 1 aromatic carbocycles. The van der Waals surface area contributed by atoms with E-state index in [1.165, 1.54) is 18.2 Å². The molecule has 1 unspecified atom stereocenters. The minimum Gasteiger partial charge on any atom is -0.479 e. The normalized spacial score (nSPS) is 17.3. The molecule has 2 N–H and O–H groups in total. The molecule has 6 heteroatoms. The van der Waals surface area contributed by atoms with E-state index < -0.39 is 17.7 Å². The SMILES string of the molecule is CCc1ccc(CCNC(=O)C(C)(C)OC2C=CC=C(C[C@H](OC)C(=O)O)C2)cc1. The van der Waals surface area contributed by atoms with Gasteiger partial charge in [0.15, 0.2) is 6.10 Å². The molecule has 1 aliphatic carbocycles. The topological polar surface area (TPSA) is 84.9 Å². The lowest BCUT2D eigenvalue weighted by Crippen LogP contribution is -2.46. The Bertz CT molecular complexity index is 779. The molecule has 2 rings (SSSR count). The Morgan fingerprint density at radius 2 is 1.90 bits per heavy atom. The predicted molar refractivity (Wildman–Crippen MR) is 116 cm³/mol. The summed E-state index contributed by atoms with van der Waals surface area (Å²) in [5, 5.41) is 12.1. The molecule has 0 bridgehead atoms. The van der Waals surface area contributed by atoms with Gasteiger partial charge in [0.25, 0.3) is 5.91 Å². The van der Waals surface area contributed by atoms with Crippen molar-refractivity contribution >= 4 is 11.9 Å². The largest absolute Gasteiger partial charge is 0.479 e. The van der Waals surface area contributed by atoms with Crippen molar-refractivity contribution in [1.82, 2.24) is 5.32 Å². The molecule has 30 heavy (non-hydrogen) atoms. The number of hydrogen-bond donors (Lipinski definition) is 2. The third kappa shape index (κ3) is 7.11. The molecule has 1 amide bonds. The summed E-state index contributed by atoms with van der Waals surface area (Å²) in [6.45, 7) is 6.16. The third-order valence-electron chi connectivity index (χ3n) is 5.25. The summed E-state index contributed by atoms with van der Waals surface area (Å²) < 4.78 is 11.1. The van der Waals surface area contributed by atoms with E-state index in [0.29, 0.717) is 19.4 Å². The van der Waals surface area contributed by atoms with Gasteiger partial charge in [-0.25, -0.2) is 4.79 Å². The second-order valence-corrected chi connectivity index (χ2v) is 8.02. The van der Waals surface area contributed by atoms with Crippen LogP contribution in [0.15, 0.2) is 48.1 Å². The Hall–Kier alpha value is -2.44. The van der Waals surface area contributed by atoms with Gasteiger partial charge in [-0.15, -0.1) is 0 Å². The van der Waals surface area contributed by atoms with E-state index in [4.69, 9.17) is 14.6 Å². The summed E-state index contributed by atoms with van der Waals surface area (Å²) in [5.41, 5.74) is 2.40. The van der Waals surface area contributed by atoms with E-state index >= 15 is 0 Å². The lowest BCUT2D eigenvalue weighted by Gasteiger charge is -2.30. The van der Waals surface area contributed by atoms with Crippen molar-refractivity contribution in [3.8, 4) is 0 Å². The first-order chi connectivity index (χ1) is 14.2. The molecule has 0 heterocycles. The lowest BCUT2D eigenvalue weighted by molar-refractivity contribution is -0.148. The molecule has 0 aliphatic heterocycles. The van der Waals surface area contributed by atoms with Gasteiger partial charge in [-0.2, -0.15) is 0 Å². The zero-order valence-corrected chi connectivity index (χ0v) is 18.3. The van der Waals surface area contributed by atoms with Crippen molar-refractivity contribution in [2.75, 3.05) is 13.7 Å². The highest BCUT2D eigenvalue weighted by Gasteiger charge is 2.32. The molecule has 2 atom stereocenters. The minimum absolute atomic E-state index is 0.169. The predicted octanol–water partition coefficient (Wildman–Crippen LogP) is 3.45. The fourth-order valence-electron chi connectivity index (χ4n) is 3.36. The van der Waals surface area contributed by atoms with Crippen LogP contribution in [0.3, 0.4) is 0 Å². The molecule has 0 spiro atoms. The Morgan fingerprint density at radius 1 is 1.23 bits per heavy atom. The van der Waals surface area contributed by atoms with Crippen LogP contribution in [0.2, 0.25) is 0 Å². The van der Waals surface area contributed by atoms with Crippen molar-refractivity contribution in [2.45, 2.75) is 64.3 Å². The monoisotopic (exact) mass is 415 g/mol. The number of carboxylic acid groups (broad SMARTS) is 1. The van der Waals surface area contributed by atoms with Gasteiger partial charge in [-0.1, -0.05) is 55.0 Å².